The van der Waals surface area contributed by atoms with Crippen LogP contribution in [0.1, 0.15) is 5.56 Å². The molecule has 0 spiro atoms. The lowest BCUT2D eigenvalue weighted by molar-refractivity contribution is 0.601. The van der Waals surface area contributed by atoms with Gasteiger partial charge in [-0.25, -0.2) is 13.4 Å². The number of aromatic nitrogens is 4. The maximum absolute atomic E-state index is 12.6. The Hall–Kier alpha value is -3.13. The monoisotopic (exact) mass is 367 g/mol. The zero-order chi connectivity index (χ0) is 18.3. The minimum absolute atomic E-state index is 0.112. The fraction of sp³-hybridized carbons (Fsp3) is 0.111. The van der Waals surface area contributed by atoms with E-state index >= 15 is 0 Å². The van der Waals surface area contributed by atoms with Crippen LogP contribution in [-0.4, -0.2) is 27.6 Å². The number of rotatable bonds is 4. The maximum Gasteiger partial charge on any atom is 0.265 e. The van der Waals surface area contributed by atoms with E-state index in [1.54, 1.807) is 19.2 Å². The summed E-state index contributed by atoms with van der Waals surface area (Å²) in [7, 11) is -2.06. The zero-order valence-electron chi connectivity index (χ0n) is 14.3. The van der Waals surface area contributed by atoms with Gasteiger partial charge in [0.15, 0.2) is 0 Å². The molecule has 0 saturated carbocycles. The van der Waals surface area contributed by atoms with Crippen LogP contribution in [0.25, 0.3) is 16.9 Å². The van der Waals surface area contributed by atoms with Crippen LogP contribution >= 0.6 is 0 Å². The van der Waals surface area contributed by atoms with Crippen molar-refractivity contribution < 1.29 is 8.42 Å². The highest BCUT2D eigenvalue weighted by molar-refractivity contribution is 7.92. The summed E-state index contributed by atoms with van der Waals surface area (Å²) in [5, 5.41) is 3.93. The van der Waals surface area contributed by atoms with Crippen molar-refractivity contribution in [2.75, 3.05) is 4.72 Å². The average Bonchev–Trinajstić information content (AvgIpc) is 3.22. The Balaban J connectivity index is 1.78. The lowest BCUT2D eigenvalue weighted by Gasteiger charge is -2.10. The van der Waals surface area contributed by atoms with Gasteiger partial charge in [0.1, 0.15) is 10.5 Å². The minimum Gasteiger partial charge on any atom is -0.306 e. The third-order valence-corrected chi connectivity index (χ3v) is 5.44. The van der Waals surface area contributed by atoms with Gasteiger partial charge >= 0.3 is 0 Å². The van der Waals surface area contributed by atoms with Crippen molar-refractivity contribution in [3.8, 4) is 11.3 Å². The predicted octanol–water partition coefficient (Wildman–Crippen LogP) is 2.84. The molecule has 0 unspecified atom stereocenters. The fourth-order valence-corrected chi connectivity index (χ4v) is 3.88. The summed E-state index contributed by atoms with van der Waals surface area (Å²) in [6.45, 7) is 1.99. The molecule has 1 aromatic carbocycles. The molecule has 0 atom stereocenters. The highest BCUT2D eigenvalue weighted by Crippen LogP contribution is 2.29. The van der Waals surface area contributed by atoms with E-state index in [4.69, 9.17) is 0 Å². The number of benzene rings is 1. The van der Waals surface area contributed by atoms with Gasteiger partial charge in [-0.3, -0.25) is 9.40 Å². The quantitative estimate of drug-likeness (QED) is 0.601. The molecule has 7 nitrogen and oxygen atoms in total. The molecule has 132 valence electrons. The number of nitrogens with zero attached hydrogens (tertiary/aromatic N) is 4. The first kappa shape index (κ1) is 16.3. The second-order valence-corrected chi connectivity index (χ2v) is 7.73. The van der Waals surface area contributed by atoms with Crippen molar-refractivity contribution in [2.24, 2.45) is 7.05 Å². The second-order valence-electron chi connectivity index (χ2n) is 6.05. The van der Waals surface area contributed by atoms with E-state index in [9.17, 15) is 8.42 Å². The molecule has 0 fully saturated rings. The van der Waals surface area contributed by atoms with Crippen LogP contribution in [0.5, 0.6) is 0 Å². The topological polar surface area (TPSA) is 81.3 Å². The SMILES string of the molecule is Cc1cccn2cc(-c3ccccc3NS(=O)(=O)c3cnn(C)c3)nc12. The molecule has 8 heteroatoms. The number of imidazole rings is 1. The van der Waals surface area contributed by atoms with Gasteiger partial charge in [0.2, 0.25) is 0 Å². The standard InChI is InChI=1S/C18H17N5O2S/c1-13-6-5-9-23-12-17(20-18(13)23)15-7-3-4-8-16(15)21-26(24,25)14-10-19-22(2)11-14/h3-12,21H,1-2H3. The zero-order valence-corrected chi connectivity index (χ0v) is 15.1. The molecule has 26 heavy (non-hydrogen) atoms. The number of hydrogen-bond acceptors (Lipinski definition) is 4. The number of hydrogen-bond donors (Lipinski definition) is 1. The number of fused-ring (bicyclic) bond motifs is 1. The van der Waals surface area contributed by atoms with Crippen LogP contribution < -0.4 is 4.72 Å². The van der Waals surface area contributed by atoms with Gasteiger partial charge < -0.3 is 4.40 Å². The van der Waals surface area contributed by atoms with Crippen LogP contribution in [-0.2, 0) is 17.1 Å². The Morgan fingerprint density at radius 1 is 1.08 bits per heavy atom. The highest BCUT2D eigenvalue weighted by atomic mass is 32.2. The van der Waals surface area contributed by atoms with E-state index < -0.39 is 10.0 Å². The van der Waals surface area contributed by atoms with Crippen LogP contribution in [0.4, 0.5) is 5.69 Å². The molecule has 3 aromatic heterocycles. The van der Waals surface area contributed by atoms with E-state index in [2.05, 4.69) is 14.8 Å². The van der Waals surface area contributed by atoms with Crippen molar-refractivity contribution in [2.45, 2.75) is 11.8 Å². The first-order chi connectivity index (χ1) is 12.4. The Labute approximate surface area is 151 Å². The second kappa shape index (κ2) is 5.99. The smallest absolute Gasteiger partial charge is 0.265 e. The van der Waals surface area contributed by atoms with E-state index in [0.717, 1.165) is 11.2 Å². The molecular formula is C18H17N5O2S. The molecule has 4 aromatic rings. The Morgan fingerprint density at radius 3 is 2.62 bits per heavy atom. The average molecular weight is 367 g/mol. The number of para-hydroxylation sites is 1. The lowest BCUT2D eigenvalue weighted by Crippen LogP contribution is -2.13. The number of nitrogens with one attached hydrogen (secondary N) is 1. The van der Waals surface area contributed by atoms with Crippen molar-refractivity contribution in [3.63, 3.8) is 0 Å². The van der Waals surface area contributed by atoms with E-state index in [-0.39, 0.29) is 4.90 Å². The molecule has 1 N–H and O–H groups in total. The largest absolute Gasteiger partial charge is 0.306 e. The molecule has 0 bridgehead atoms. The highest BCUT2D eigenvalue weighted by Gasteiger charge is 2.19. The third kappa shape index (κ3) is 2.84. The van der Waals surface area contributed by atoms with Crippen LogP contribution in [0.15, 0.2) is 66.1 Å². The van der Waals surface area contributed by atoms with Gasteiger partial charge in [-0.05, 0) is 24.6 Å². The van der Waals surface area contributed by atoms with E-state index in [1.807, 2.05) is 48.0 Å². The molecule has 0 amide bonds. The number of pyridine rings is 1. The summed E-state index contributed by atoms with van der Waals surface area (Å²) < 4.78 is 31.3. The Kier molecular flexibility index (Phi) is 3.77. The summed E-state index contributed by atoms with van der Waals surface area (Å²) in [4.78, 5) is 4.77. The Morgan fingerprint density at radius 2 is 1.88 bits per heavy atom. The van der Waals surface area contributed by atoms with Crippen molar-refractivity contribution in [1.29, 1.82) is 0 Å². The van der Waals surface area contributed by atoms with Crippen molar-refractivity contribution >= 4 is 21.4 Å². The van der Waals surface area contributed by atoms with Gasteiger partial charge in [-0.1, -0.05) is 24.3 Å². The summed E-state index contributed by atoms with van der Waals surface area (Å²) >= 11 is 0. The fourth-order valence-electron chi connectivity index (χ4n) is 2.82. The molecular weight excluding hydrogens is 350 g/mol. The first-order valence-electron chi connectivity index (χ1n) is 7.99. The molecule has 0 aliphatic carbocycles. The molecule has 0 radical (unpaired) electrons. The number of anilines is 1. The molecule has 0 saturated heterocycles. The summed E-state index contributed by atoms with van der Waals surface area (Å²) in [6, 6.07) is 11.1. The van der Waals surface area contributed by atoms with Gasteiger partial charge in [0, 0.05) is 31.2 Å². The third-order valence-electron chi connectivity index (χ3n) is 4.12. The maximum atomic E-state index is 12.6. The van der Waals surface area contributed by atoms with Crippen LogP contribution in [0, 0.1) is 6.92 Å². The van der Waals surface area contributed by atoms with Gasteiger partial charge in [-0.15, -0.1) is 0 Å². The first-order valence-corrected chi connectivity index (χ1v) is 9.47. The van der Waals surface area contributed by atoms with Crippen LogP contribution in [0.2, 0.25) is 0 Å². The minimum atomic E-state index is -3.73. The molecule has 0 aliphatic rings. The van der Waals surface area contributed by atoms with E-state index in [1.165, 1.54) is 17.1 Å². The normalized spacial score (nSPS) is 11.8. The summed E-state index contributed by atoms with van der Waals surface area (Å²) in [5.74, 6) is 0. The van der Waals surface area contributed by atoms with Gasteiger partial charge in [0.25, 0.3) is 10.0 Å². The van der Waals surface area contributed by atoms with Crippen molar-refractivity contribution in [3.05, 3.63) is 66.7 Å². The summed E-state index contributed by atoms with van der Waals surface area (Å²) in [6.07, 6.45) is 6.58. The predicted molar refractivity (Wildman–Crippen MR) is 99.4 cm³/mol. The Bertz CT molecular complexity index is 1210. The molecule has 3 heterocycles. The van der Waals surface area contributed by atoms with Crippen molar-refractivity contribution in [1.82, 2.24) is 19.2 Å². The summed E-state index contributed by atoms with van der Waals surface area (Å²) in [5.41, 5.74) is 3.77. The molecule has 0 aliphatic heterocycles. The van der Waals surface area contributed by atoms with Gasteiger partial charge in [0.05, 0.1) is 17.6 Å². The molecule has 4 rings (SSSR count). The lowest BCUT2D eigenvalue weighted by atomic mass is 10.1. The van der Waals surface area contributed by atoms with Crippen LogP contribution in [0.3, 0.4) is 0 Å². The number of sulfonamides is 1. The van der Waals surface area contributed by atoms with E-state index in [0.29, 0.717) is 16.9 Å². The van der Waals surface area contributed by atoms with Gasteiger partial charge in [-0.2, -0.15) is 5.10 Å². The number of aryl methyl sites for hydroxylation is 2.